The van der Waals surface area contributed by atoms with Crippen LogP contribution < -0.4 is 0 Å². The molecule has 1 fully saturated rings. The average molecular weight is 351 g/mol. The second-order valence-electron chi connectivity index (χ2n) is 6.87. The molecule has 2 aromatic carbocycles. The maximum Gasteiger partial charge on any atom is 0.298 e. The third-order valence-electron chi connectivity index (χ3n) is 4.89. The number of hydrogen-bond donors (Lipinski definition) is 1. The average Bonchev–Trinajstić information content (AvgIpc) is 2.69. The van der Waals surface area contributed by atoms with Gasteiger partial charge >= 0.3 is 0 Å². The van der Waals surface area contributed by atoms with Gasteiger partial charge in [-0.1, -0.05) is 42.3 Å². The van der Waals surface area contributed by atoms with Crippen molar-refractivity contribution in [2.75, 3.05) is 19.7 Å². The maximum atomic E-state index is 14.0. The van der Waals surface area contributed by atoms with E-state index in [0.717, 1.165) is 18.4 Å². The van der Waals surface area contributed by atoms with Crippen molar-refractivity contribution in [2.24, 2.45) is 5.41 Å². The number of hydrogen-bond acceptors (Lipinski definition) is 2. The van der Waals surface area contributed by atoms with Gasteiger partial charge in [0.1, 0.15) is 5.82 Å². The molecule has 0 aromatic heterocycles. The van der Waals surface area contributed by atoms with Crippen LogP contribution in [0.25, 0.3) is 0 Å². The molecule has 0 spiro atoms. The van der Waals surface area contributed by atoms with Crippen LogP contribution in [0.5, 0.6) is 0 Å². The first-order chi connectivity index (χ1) is 12.6. The van der Waals surface area contributed by atoms with Crippen LogP contribution in [-0.2, 0) is 11.2 Å². The first kappa shape index (κ1) is 18.2. The molecule has 4 heteroatoms. The zero-order chi connectivity index (χ0) is 18.4. The van der Waals surface area contributed by atoms with Gasteiger partial charge in [0.2, 0.25) is 0 Å². The number of amides is 1. The van der Waals surface area contributed by atoms with E-state index >= 15 is 0 Å². The Balaban J connectivity index is 1.73. The van der Waals surface area contributed by atoms with Gasteiger partial charge in [0.25, 0.3) is 5.91 Å². The molecule has 1 saturated heterocycles. The minimum absolute atomic E-state index is 0.0861. The fraction of sp³-hybridized carbons (Fsp3) is 0.318. The second-order valence-corrected chi connectivity index (χ2v) is 6.87. The number of likely N-dealkylation sites (tertiary alicyclic amines) is 1. The van der Waals surface area contributed by atoms with Crippen molar-refractivity contribution in [3.05, 3.63) is 71.5 Å². The van der Waals surface area contributed by atoms with Gasteiger partial charge < -0.3 is 10.0 Å². The molecule has 0 saturated carbocycles. The highest BCUT2D eigenvalue weighted by Gasteiger charge is 2.37. The van der Waals surface area contributed by atoms with E-state index in [1.54, 1.807) is 23.1 Å². The van der Waals surface area contributed by atoms with E-state index in [9.17, 15) is 14.3 Å². The van der Waals surface area contributed by atoms with E-state index in [4.69, 9.17) is 0 Å². The molecule has 1 heterocycles. The quantitative estimate of drug-likeness (QED) is 0.864. The van der Waals surface area contributed by atoms with Gasteiger partial charge in [-0.05, 0) is 43.0 Å². The number of piperidine rings is 1. The van der Waals surface area contributed by atoms with Gasteiger partial charge in [0.15, 0.2) is 0 Å². The Morgan fingerprint density at radius 3 is 2.62 bits per heavy atom. The molecule has 2 aromatic rings. The summed E-state index contributed by atoms with van der Waals surface area (Å²) in [6.45, 7) is 0.915. The molecule has 1 aliphatic heterocycles. The predicted octanol–water partition coefficient (Wildman–Crippen LogP) is 3.02. The number of carbonyl (C=O) groups is 1. The summed E-state index contributed by atoms with van der Waals surface area (Å²) >= 11 is 0. The Kier molecular flexibility index (Phi) is 5.70. The van der Waals surface area contributed by atoms with Crippen molar-refractivity contribution in [3.63, 3.8) is 0 Å². The fourth-order valence-corrected chi connectivity index (χ4v) is 3.48. The van der Waals surface area contributed by atoms with Crippen molar-refractivity contribution in [2.45, 2.75) is 19.3 Å². The molecule has 1 aliphatic rings. The van der Waals surface area contributed by atoms with Crippen LogP contribution in [0, 0.1) is 23.1 Å². The van der Waals surface area contributed by atoms with Gasteiger partial charge in [0, 0.05) is 30.0 Å². The van der Waals surface area contributed by atoms with Crippen LogP contribution in [-0.4, -0.2) is 35.6 Å². The summed E-state index contributed by atoms with van der Waals surface area (Å²) < 4.78 is 14.0. The van der Waals surface area contributed by atoms with Gasteiger partial charge in [-0.15, -0.1) is 0 Å². The maximum absolute atomic E-state index is 14.0. The van der Waals surface area contributed by atoms with Crippen LogP contribution in [0.2, 0.25) is 0 Å². The first-order valence-electron chi connectivity index (χ1n) is 8.82. The molecule has 3 rings (SSSR count). The number of rotatable bonds is 3. The van der Waals surface area contributed by atoms with Crippen molar-refractivity contribution < 1.29 is 14.3 Å². The third kappa shape index (κ3) is 4.30. The normalized spacial score (nSPS) is 19.5. The number of halogens is 1. The van der Waals surface area contributed by atoms with Crippen molar-refractivity contribution in [1.82, 2.24) is 4.90 Å². The largest absolute Gasteiger partial charge is 0.396 e. The Hall–Kier alpha value is -2.64. The Morgan fingerprint density at radius 1 is 1.15 bits per heavy atom. The topological polar surface area (TPSA) is 40.5 Å². The van der Waals surface area contributed by atoms with Gasteiger partial charge in [-0.3, -0.25) is 4.79 Å². The zero-order valence-electron chi connectivity index (χ0n) is 14.6. The van der Waals surface area contributed by atoms with Crippen LogP contribution >= 0.6 is 0 Å². The van der Waals surface area contributed by atoms with Crippen molar-refractivity contribution in [1.29, 1.82) is 0 Å². The molecule has 0 bridgehead atoms. The number of benzene rings is 2. The summed E-state index contributed by atoms with van der Waals surface area (Å²) in [6, 6.07) is 16.0. The molecule has 134 valence electrons. The first-order valence-corrected chi connectivity index (χ1v) is 8.82. The van der Waals surface area contributed by atoms with E-state index in [1.165, 1.54) is 6.07 Å². The molecular weight excluding hydrogens is 329 g/mol. The summed E-state index contributed by atoms with van der Waals surface area (Å²) in [5, 5.41) is 10.0. The molecule has 1 unspecified atom stereocenters. The summed E-state index contributed by atoms with van der Waals surface area (Å²) in [7, 11) is 0. The van der Waals surface area contributed by atoms with Gasteiger partial charge in [-0.2, -0.15) is 0 Å². The number of aliphatic hydroxyl groups is 1. The van der Waals surface area contributed by atoms with E-state index in [1.807, 2.05) is 30.3 Å². The minimum Gasteiger partial charge on any atom is -0.396 e. The summed E-state index contributed by atoms with van der Waals surface area (Å²) in [4.78, 5) is 14.2. The lowest BCUT2D eigenvalue weighted by atomic mass is 9.75. The van der Waals surface area contributed by atoms with Crippen LogP contribution in [0.4, 0.5) is 4.39 Å². The second kappa shape index (κ2) is 8.16. The van der Waals surface area contributed by atoms with Gasteiger partial charge in [-0.25, -0.2) is 4.39 Å². The molecule has 26 heavy (non-hydrogen) atoms. The van der Waals surface area contributed by atoms with E-state index in [0.29, 0.717) is 25.1 Å². The Labute approximate surface area is 153 Å². The SMILES string of the molecule is O=C(C#Cc1ccccc1)N1CCCC(CO)(Cc2ccccc2F)C1. The van der Waals surface area contributed by atoms with Gasteiger partial charge in [0.05, 0.1) is 6.61 Å². The molecule has 1 amide bonds. The minimum atomic E-state index is -0.523. The lowest BCUT2D eigenvalue weighted by Crippen LogP contribution is -2.48. The van der Waals surface area contributed by atoms with E-state index in [2.05, 4.69) is 11.8 Å². The molecular formula is C22H22FNO2. The summed E-state index contributed by atoms with van der Waals surface area (Å²) in [5.41, 5.74) is 0.841. The standard InChI is InChI=1S/C22H22FNO2/c23-20-10-5-4-9-19(20)15-22(17-25)13-6-14-24(16-22)21(26)12-11-18-7-2-1-3-8-18/h1-5,7-10,25H,6,13-17H2. The van der Waals surface area contributed by atoms with E-state index < -0.39 is 5.41 Å². The predicted molar refractivity (Wildman–Crippen MR) is 98.8 cm³/mol. The Bertz CT molecular complexity index is 825. The highest BCUT2D eigenvalue weighted by atomic mass is 19.1. The molecule has 0 radical (unpaired) electrons. The highest BCUT2D eigenvalue weighted by Crippen LogP contribution is 2.34. The van der Waals surface area contributed by atoms with E-state index in [-0.39, 0.29) is 18.3 Å². The number of aliphatic hydroxyl groups excluding tert-OH is 1. The third-order valence-corrected chi connectivity index (χ3v) is 4.89. The molecule has 1 atom stereocenters. The number of nitrogens with zero attached hydrogens (tertiary/aromatic N) is 1. The molecule has 3 nitrogen and oxygen atoms in total. The van der Waals surface area contributed by atoms with Crippen LogP contribution in [0.15, 0.2) is 54.6 Å². The molecule has 0 aliphatic carbocycles. The fourth-order valence-electron chi connectivity index (χ4n) is 3.48. The lowest BCUT2D eigenvalue weighted by Gasteiger charge is -2.41. The number of carbonyl (C=O) groups excluding carboxylic acids is 1. The Morgan fingerprint density at radius 2 is 1.88 bits per heavy atom. The highest BCUT2D eigenvalue weighted by molar-refractivity contribution is 5.94. The lowest BCUT2D eigenvalue weighted by molar-refractivity contribution is -0.129. The summed E-state index contributed by atoms with van der Waals surface area (Å²) in [5.74, 6) is 5.05. The smallest absolute Gasteiger partial charge is 0.298 e. The van der Waals surface area contributed by atoms with Crippen LogP contribution in [0.3, 0.4) is 0 Å². The van der Waals surface area contributed by atoms with Crippen molar-refractivity contribution >= 4 is 5.91 Å². The van der Waals surface area contributed by atoms with Crippen LogP contribution in [0.1, 0.15) is 24.0 Å². The molecule has 1 N–H and O–H groups in total. The van der Waals surface area contributed by atoms with Crippen molar-refractivity contribution in [3.8, 4) is 11.8 Å². The summed E-state index contributed by atoms with van der Waals surface area (Å²) in [6.07, 6.45) is 1.94. The monoisotopic (exact) mass is 351 g/mol. The zero-order valence-corrected chi connectivity index (χ0v) is 14.6.